The van der Waals surface area contributed by atoms with Gasteiger partial charge >= 0.3 is 0 Å². The van der Waals surface area contributed by atoms with Gasteiger partial charge in [-0.15, -0.1) is 0 Å². The van der Waals surface area contributed by atoms with E-state index in [0.29, 0.717) is 5.25 Å². The normalized spacial score (nSPS) is 28.5. The summed E-state index contributed by atoms with van der Waals surface area (Å²) in [5.74, 6) is 0. The van der Waals surface area contributed by atoms with Crippen molar-refractivity contribution in [3.05, 3.63) is 6.33 Å². The second kappa shape index (κ2) is 6.04. The van der Waals surface area contributed by atoms with Crippen molar-refractivity contribution in [3.63, 3.8) is 0 Å². The van der Waals surface area contributed by atoms with Gasteiger partial charge in [0.1, 0.15) is 6.33 Å². The van der Waals surface area contributed by atoms with Gasteiger partial charge in [-0.2, -0.15) is 5.10 Å². The molecule has 0 saturated heterocycles. The monoisotopic (exact) mass is 270 g/mol. The fourth-order valence-electron chi connectivity index (χ4n) is 2.69. The highest BCUT2D eigenvalue weighted by Crippen LogP contribution is 2.37. The van der Waals surface area contributed by atoms with Crippen molar-refractivity contribution in [1.82, 2.24) is 20.1 Å². The van der Waals surface area contributed by atoms with E-state index in [1.54, 1.807) is 18.1 Å². The molecule has 2 rings (SSSR count). The molecule has 2 atom stereocenters. The lowest BCUT2D eigenvalue weighted by molar-refractivity contribution is 0.125. The van der Waals surface area contributed by atoms with Crippen LogP contribution in [0.1, 0.15) is 32.6 Å². The van der Waals surface area contributed by atoms with E-state index in [-0.39, 0.29) is 12.1 Å². The first-order valence-electron chi connectivity index (χ1n) is 6.55. The van der Waals surface area contributed by atoms with Crippen molar-refractivity contribution in [3.8, 4) is 0 Å². The van der Waals surface area contributed by atoms with Crippen LogP contribution < -0.4 is 5.32 Å². The van der Waals surface area contributed by atoms with Crippen LogP contribution in [0.2, 0.25) is 0 Å². The molecule has 0 spiro atoms. The molecular weight excluding hydrogens is 248 g/mol. The minimum atomic E-state index is -0.0940. The predicted molar refractivity (Wildman–Crippen MR) is 72.6 cm³/mol. The quantitative estimate of drug-likeness (QED) is 0.841. The van der Waals surface area contributed by atoms with Gasteiger partial charge in [0.15, 0.2) is 5.16 Å². The lowest BCUT2D eigenvalue weighted by Gasteiger charge is -2.40. The molecule has 102 valence electrons. The number of hydrogen-bond donors (Lipinski definition) is 2. The highest BCUT2D eigenvalue weighted by atomic mass is 32.2. The SMILES string of the molecule is CCNC1(CO)CCCC(Sc2ncnn2C)C1. The average Bonchev–Trinajstić information content (AvgIpc) is 2.76. The number of nitrogens with one attached hydrogen (secondary N) is 1. The molecule has 0 bridgehead atoms. The van der Waals surface area contributed by atoms with Crippen LogP contribution in [-0.2, 0) is 7.05 Å². The minimum absolute atomic E-state index is 0.0940. The van der Waals surface area contributed by atoms with Crippen molar-refractivity contribution in [2.75, 3.05) is 13.2 Å². The van der Waals surface area contributed by atoms with Gasteiger partial charge in [0.25, 0.3) is 0 Å². The van der Waals surface area contributed by atoms with Gasteiger partial charge in [0, 0.05) is 17.8 Å². The minimum Gasteiger partial charge on any atom is -0.394 e. The first-order chi connectivity index (χ1) is 8.69. The van der Waals surface area contributed by atoms with Crippen molar-refractivity contribution in [2.24, 2.45) is 7.05 Å². The summed E-state index contributed by atoms with van der Waals surface area (Å²) in [6, 6.07) is 0. The smallest absolute Gasteiger partial charge is 0.186 e. The Hall–Kier alpha value is -0.590. The van der Waals surface area contributed by atoms with Crippen LogP contribution >= 0.6 is 11.8 Å². The molecular formula is C12H22N4OS. The van der Waals surface area contributed by atoms with Gasteiger partial charge in [-0.25, -0.2) is 9.67 Å². The van der Waals surface area contributed by atoms with E-state index in [0.717, 1.165) is 31.0 Å². The van der Waals surface area contributed by atoms with Crippen LogP contribution in [0.25, 0.3) is 0 Å². The van der Waals surface area contributed by atoms with E-state index in [4.69, 9.17) is 0 Å². The topological polar surface area (TPSA) is 63.0 Å². The number of aromatic nitrogens is 3. The average molecular weight is 270 g/mol. The van der Waals surface area contributed by atoms with Crippen LogP contribution in [0.15, 0.2) is 11.5 Å². The van der Waals surface area contributed by atoms with E-state index in [1.807, 2.05) is 11.7 Å². The Kier molecular flexibility index (Phi) is 4.64. The van der Waals surface area contributed by atoms with Gasteiger partial charge in [-0.05, 0) is 25.8 Å². The standard InChI is InChI=1S/C12H22N4OS/c1-3-14-12(8-17)6-4-5-10(7-12)18-11-13-9-15-16(11)2/h9-10,14,17H,3-8H2,1-2H3. The molecule has 2 unspecified atom stereocenters. The van der Waals surface area contributed by atoms with Crippen LogP contribution in [0, 0.1) is 0 Å². The van der Waals surface area contributed by atoms with Gasteiger partial charge in [-0.1, -0.05) is 25.1 Å². The molecule has 1 aliphatic rings. The van der Waals surface area contributed by atoms with Crippen LogP contribution in [0.4, 0.5) is 0 Å². The molecule has 0 amide bonds. The second-order valence-electron chi connectivity index (χ2n) is 4.97. The molecule has 0 radical (unpaired) electrons. The molecule has 1 saturated carbocycles. The van der Waals surface area contributed by atoms with Crippen molar-refractivity contribution in [2.45, 2.75) is 48.6 Å². The Morgan fingerprint density at radius 2 is 2.50 bits per heavy atom. The number of aryl methyl sites for hydroxylation is 1. The summed E-state index contributed by atoms with van der Waals surface area (Å²) >= 11 is 1.78. The number of thioether (sulfide) groups is 1. The second-order valence-corrected chi connectivity index (χ2v) is 6.24. The maximum Gasteiger partial charge on any atom is 0.186 e. The zero-order chi connectivity index (χ0) is 13.0. The highest BCUT2D eigenvalue weighted by molar-refractivity contribution is 7.99. The summed E-state index contributed by atoms with van der Waals surface area (Å²) in [6.07, 6.45) is 5.99. The van der Waals surface area contributed by atoms with Gasteiger partial charge in [0.05, 0.1) is 6.61 Å². The Balaban J connectivity index is 2.00. The van der Waals surface area contributed by atoms with E-state index in [2.05, 4.69) is 22.3 Å². The third kappa shape index (κ3) is 3.05. The molecule has 0 aromatic carbocycles. The molecule has 6 heteroatoms. The molecule has 5 nitrogen and oxygen atoms in total. The fraction of sp³-hybridized carbons (Fsp3) is 0.833. The third-order valence-electron chi connectivity index (χ3n) is 3.60. The number of nitrogens with zero attached hydrogens (tertiary/aromatic N) is 3. The molecule has 1 heterocycles. The molecule has 1 aliphatic carbocycles. The number of aliphatic hydroxyl groups excluding tert-OH is 1. The van der Waals surface area contributed by atoms with E-state index in [9.17, 15) is 5.11 Å². The Morgan fingerprint density at radius 1 is 1.67 bits per heavy atom. The number of aliphatic hydroxyl groups is 1. The first kappa shape index (κ1) is 13.8. The zero-order valence-electron chi connectivity index (χ0n) is 11.1. The number of hydrogen-bond acceptors (Lipinski definition) is 5. The molecule has 1 fully saturated rings. The Morgan fingerprint density at radius 3 is 3.11 bits per heavy atom. The maximum atomic E-state index is 9.67. The lowest BCUT2D eigenvalue weighted by atomic mass is 9.82. The van der Waals surface area contributed by atoms with Gasteiger partial charge < -0.3 is 10.4 Å². The Labute approximate surface area is 112 Å². The van der Waals surface area contributed by atoms with Crippen molar-refractivity contribution in [1.29, 1.82) is 0 Å². The molecule has 2 N–H and O–H groups in total. The molecule has 1 aromatic rings. The van der Waals surface area contributed by atoms with E-state index in [1.165, 1.54) is 6.42 Å². The first-order valence-corrected chi connectivity index (χ1v) is 7.43. The largest absolute Gasteiger partial charge is 0.394 e. The maximum absolute atomic E-state index is 9.67. The highest BCUT2D eigenvalue weighted by Gasteiger charge is 2.35. The Bertz CT molecular complexity index is 380. The predicted octanol–water partition coefficient (Wildman–Crippen LogP) is 1.19. The lowest BCUT2D eigenvalue weighted by Crippen LogP contribution is -2.52. The molecule has 0 aliphatic heterocycles. The summed E-state index contributed by atoms with van der Waals surface area (Å²) in [6.45, 7) is 3.22. The summed E-state index contributed by atoms with van der Waals surface area (Å²) in [4.78, 5) is 4.26. The van der Waals surface area contributed by atoms with Crippen molar-refractivity contribution < 1.29 is 5.11 Å². The van der Waals surface area contributed by atoms with Crippen LogP contribution in [0.3, 0.4) is 0 Å². The molecule has 1 aromatic heterocycles. The summed E-state index contributed by atoms with van der Waals surface area (Å²) in [5, 5.41) is 18.7. The van der Waals surface area contributed by atoms with E-state index >= 15 is 0 Å². The van der Waals surface area contributed by atoms with Crippen LogP contribution in [0.5, 0.6) is 0 Å². The third-order valence-corrected chi connectivity index (χ3v) is 4.91. The van der Waals surface area contributed by atoms with Gasteiger partial charge in [0.2, 0.25) is 0 Å². The van der Waals surface area contributed by atoms with Gasteiger partial charge in [-0.3, -0.25) is 0 Å². The van der Waals surface area contributed by atoms with Crippen LogP contribution in [-0.4, -0.2) is 43.8 Å². The van der Waals surface area contributed by atoms with Crippen molar-refractivity contribution >= 4 is 11.8 Å². The fourth-order valence-corrected chi connectivity index (χ4v) is 3.98. The number of likely N-dealkylation sites (N-methyl/N-ethyl adjacent to an activating group) is 1. The summed E-state index contributed by atoms with van der Waals surface area (Å²) in [5.41, 5.74) is -0.0940. The van der Waals surface area contributed by atoms with E-state index < -0.39 is 0 Å². The number of rotatable bonds is 5. The summed E-state index contributed by atoms with van der Waals surface area (Å²) in [7, 11) is 1.92. The zero-order valence-corrected chi connectivity index (χ0v) is 11.9. The molecule has 18 heavy (non-hydrogen) atoms. The summed E-state index contributed by atoms with van der Waals surface area (Å²) < 4.78 is 1.81.